The number of aromatic nitrogens is 1. The molecule has 0 amide bonds. The molecule has 2 aliphatic carbocycles. The first kappa shape index (κ1) is 37.8. The van der Waals surface area contributed by atoms with Gasteiger partial charge in [-0.25, -0.2) is 4.98 Å². The first-order chi connectivity index (χ1) is 31.1. The van der Waals surface area contributed by atoms with Crippen LogP contribution in [0.2, 0.25) is 0 Å². The van der Waals surface area contributed by atoms with Crippen molar-refractivity contribution in [3.05, 3.63) is 217 Å². The predicted octanol–water partition coefficient (Wildman–Crippen LogP) is 16.4. The standard InChI is InChI=1S/C58H43N3S2/c1-3-10-41(11-4-1)57-59-53-31-24-49(37-56(53)63-57)40-21-28-51(29-22-40)61(52-30-23-46-34-45(17-18-47(46)35-52)44-16-15-38-9-7-8-14-43(38)33-44)50-26-19-39(20-27-50)48-25-32-55-54(36-48)60-58(62-55)42-12-5-2-6-13-42/h1-5,7-12,14-22,24-29,31-37,58,60H,6,13,23,30H2. The third-order valence-electron chi connectivity index (χ3n) is 12.7. The van der Waals surface area contributed by atoms with Crippen LogP contribution >= 0.6 is 23.1 Å². The Morgan fingerprint density at radius 1 is 0.556 bits per heavy atom. The van der Waals surface area contributed by atoms with Crippen molar-refractivity contribution in [1.29, 1.82) is 0 Å². The van der Waals surface area contributed by atoms with Gasteiger partial charge in [0.25, 0.3) is 0 Å². The van der Waals surface area contributed by atoms with E-state index in [1.54, 1.807) is 11.3 Å². The normalized spacial score (nSPS) is 15.4. The number of allylic oxidation sites excluding steroid dienone is 4. The molecule has 0 saturated heterocycles. The zero-order valence-electron chi connectivity index (χ0n) is 34.7. The average Bonchev–Trinajstić information content (AvgIpc) is 3.99. The van der Waals surface area contributed by atoms with Crippen LogP contribution in [-0.2, 0) is 6.42 Å². The number of nitrogens with zero attached hydrogens (tertiary/aromatic N) is 2. The lowest BCUT2D eigenvalue weighted by atomic mass is 9.90. The highest BCUT2D eigenvalue weighted by molar-refractivity contribution is 8.00. The second-order valence-electron chi connectivity index (χ2n) is 16.7. The fourth-order valence-corrected chi connectivity index (χ4v) is 11.5. The van der Waals surface area contributed by atoms with Crippen molar-refractivity contribution in [1.82, 2.24) is 4.98 Å². The minimum Gasteiger partial charge on any atom is -0.369 e. The molecule has 0 bridgehead atoms. The van der Waals surface area contributed by atoms with Crippen LogP contribution in [0.5, 0.6) is 0 Å². The molecule has 1 aromatic heterocycles. The number of thioether (sulfide) groups is 1. The van der Waals surface area contributed by atoms with E-state index in [1.807, 2.05) is 11.8 Å². The number of rotatable bonds is 8. The predicted molar refractivity (Wildman–Crippen MR) is 270 cm³/mol. The Morgan fingerprint density at radius 2 is 1.24 bits per heavy atom. The average molecular weight is 846 g/mol. The fourth-order valence-electron chi connectivity index (χ4n) is 9.33. The molecule has 3 nitrogen and oxygen atoms in total. The van der Waals surface area contributed by atoms with Gasteiger partial charge in [0.05, 0.1) is 15.6 Å². The number of hydrogen-bond donors (Lipinski definition) is 1. The summed E-state index contributed by atoms with van der Waals surface area (Å²) in [5.74, 6) is 0. The molecule has 1 N–H and O–H groups in total. The lowest BCUT2D eigenvalue weighted by molar-refractivity contribution is 0.894. The Kier molecular flexibility index (Phi) is 9.65. The van der Waals surface area contributed by atoms with Gasteiger partial charge in [-0.2, -0.15) is 0 Å². The number of anilines is 3. The van der Waals surface area contributed by atoms with E-state index in [9.17, 15) is 0 Å². The van der Waals surface area contributed by atoms with Crippen molar-refractivity contribution < 1.29 is 0 Å². The largest absolute Gasteiger partial charge is 0.369 e. The smallest absolute Gasteiger partial charge is 0.124 e. The van der Waals surface area contributed by atoms with Crippen LogP contribution in [0.15, 0.2) is 210 Å². The quantitative estimate of drug-likeness (QED) is 0.165. The van der Waals surface area contributed by atoms with Gasteiger partial charge in [-0.05, 0) is 147 Å². The minimum atomic E-state index is 0.310. The molecule has 2 heterocycles. The number of fused-ring (bicyclic) bond motifs is 4. The molecule has 63 heavy (non-hydrogen) atoms. The van der Waals surface area contributed by atoms with Gasteiger partial charge in [0.2, 0.25) is 0 Å². The van der Waals surface area contributed by atoms with Gasteiger partial charge in [0, 0.05) is 33.2 Å². The lowest BCUT2D eigenvalue weighted by Gasteiger charge is -2.31. The van der Waals surface area contributed by atoms with E-state index in [4.69, 9.17) is 4.98 Å². The summed E-state index contributed by atoms with van der Waals surface area (Å²) in [6.07, 6.45) is 13.3. The van der Waals surface area contributed by atoms with Crippen LogP contribution in [0.4, 0.5) is 17.1 Å². The number of benzene rings is 8. The van der Waals surface area contributed by atoms with Crippen molar-refractivity contribution in [3.8, 4) is 44.0 Å². The van der Waals surface area contributed by atoms with Gasteiger partial charge in [-0.1, -0.05) is 151 Å². The summed E-state index contributed by atoms with van der Waals surface area (Å²) in [6.45, 7) is 0. The van der Waals surface area contributed by atoms with Crippen LogP contribution in [0.25, 0.3) is 71.0 Å². The molecule has 9 aromatic rings. The van der Waals surface area contributed by atoms with E-state index in [2.05, 4.69) is 210 Å². The molecular formula is C58H43N3S2. The third-order valence-corrected chi connectivity index (χ3v) is 15.0. The summed E-state index contributed by atoms with van der Waals surface area (Å²) >= 11 is 3.69. The SMILES string of the molecule is C1=CCCC(C2Nc3cc(-c4ccc(N(C5=Cc6ccc(-c7ccc8ccccc8c7)cc6CC5)c5ccc(-c6ccc7nc(-c8ccccc8)sc7c6)cc5)cc4)ccc3S2)=C1. The van der Waals surface area contributed by atoms with Crippen LogP contribution < -0.4 is 10.2 Å². The molecule has 302 valence electrons. The van der Waals surface area contributed by atoms with E-state index in [1.165, 1.54) is 81.8 Å². The van der Waals surface area contributed by atoms with Crippen molar-refractivity contribution in [3.63, 3.8) is 0 Å². The van der Waals surface area contributed by atoms with Crippen LogP contribution in [-0.4, -0.2) is 10.4 Å². The molecule has 1 unspecified atom stereocenters. The monoisotopic (exact) mass is 845 g/mol. The van der Waals surface area contributed by atoms with E-state index < -0.39 is 0 Å². The molecule has 0 spiro atoms. The highest BCUT2D eigenvalue weighted by atomic mass is 32.2. The molecule has 8 aromatic carbocycles. The lowest BCUT2D eigenvalue weighted by Crippen LogP contribution is -2.19. The van der Waals surface area contributed by atoms with Crippen LogP contribution in [0.1, 0.15) is 30.4 Å². The zero-order chi connectivity index (χ0) is 41.7. The molecule has 5 heteroatoms. The highest BCUT2D eigenvalue weighted by Gasteiger charge is 2.25. The molecule has 0 radical (unpaired) electrons. The van der Waals surface area contributed by atoms with Crippen LogP contribution in [0.3, 0.4) is 0 Å². The summed E-state index contributed by atoms with van der Waals surface area (Å²) in [5, 5.41) is 7.72. The molecule has 1 aliphatic heterocycles. The Labute approximate surface area is 376 Å². The molecule has 12 rings (SSSR count). The molecule has 0 fully saturated rings. The molecule has 1 atom stereocenters. The van der Waals surface area contributed by atoms with Gasteiger partial charge >= 0.3 is 0 Å². The van der Waals surface area contributed by atoms with Gasteiger partial charge in [0.1, 0.15) is 5.01 Å². The van der Waals surface area contributed by atoms with Crippen molar-refractivity contribution in [2.75, 3.05) is 10.2 Å². The molecule has 3 aliphatic rings. The first-order valence-electron chi connectivity index (χ1n) is 21.9. The zero-order valence-corrected chi connectivity index (χ0v) is 36.3. The summed E-state index contributed by atoms with van der Waals surface area (Å²) in [7, 11) is 0. The van der Waals surface area contributed by atoms with E-state index in [-0.39, 0.29) is 0 Å². The summed E-state index contributed by atoms with van der Waals surface area (Å²) in [6, 6.07) is 64.7. The van der Waals surface area contributed by atoms with E-state index in [0.717, 1.165) is 53.1 Å². The Bertz CT molecular complexity index is 3290. The topological polar surface area (TPSA) is 28.2 Å². The van der Waals surface area contributed by atoms with E-state index in [0.29, 0.717) is 5.37 Å². The maximum atomic E-state index is 4.95. The Hall–Kier alpha value is -6.92. The Morgan fingerprint density at radius 3 is 2.03 bits per heavy atom. The number of thiazole rings is 1. The Balaban J connectivity index is 0.869. The van der Waals surface area contributed by atoms with Crippen molar-refractivity contribution in [2.45, 2.75) is 36.0 Å². The molecule has 0 saturated carbocycles. The third kappa shape index (κ3) is 7.37. The summed E-state index contributed by atoms with van der Waals surface area (Å²) in [5.41, 5.74) is 18.5. The maximum Gasteiger partial charge on any atom is 0.124 e. The number of aryl methyl sites for hydroxylation is 1. The van der Waals surface area contributed by atoms with Gasteiger partial charge < -0.3 is 10.2 Å². The van der Waals surface area contributed by atoms with Gasteiger partial charge in [-0.3, -0.25) is 0 Å². The van der Waals surface area contributed by atoms with Gasteiger partial charge in [0.15, 0.2) is 0 Å². The maximum absolute atomic E-state index is 4.95. The highest BCUT2D eigenvalue weighted by Crippen LogP contribution is 2.45. The second kappa shape index (κ2) is 16.1. The number of nitrogens with one attached hydrogen (secondary N) is 1. The second-order valence-corrected chi connectivity index (χ2v) is 18.8. The fraction of sp³-hybridized carbons (Fsp3) is 0.0862. The number of hydrogen-bond acceptors (Lipinski definition) is 5. The van der Waals surface area contributed by atoms with Crippen LogP contribution in [0, 0.1) is 0 Å². The van der Waals surface area contributed by atoms with Gasteiger partial charge in [-0.15, -0.1) is 11.3 Å². The van der Waals surface area contributed by atoms with Crippen molar-refractivity contribution in [2.24, 2.45) is 0 Å². The molecular weight excluding hydrogens is 803 g/mol. The van der Waals surface area contributed by atoms with E-state index >= 15 is 0 Å². The first-order valence-corrected chi connectivity index (χ1v) is 23.6. The van der Waals surface area contributed by atoms with Crippen molar-refractivity contribution >= 4 is 67.2 Å². The minimum absolute atomic E-state index is 0.310. The summed E-state index contributed by atoms with van der Waals surface area (Å²) < 4.78 is 1.20. The summed E-state index contributed by atoms with van der Waals surface area (Å²) in [4.78, 5) is 8.73.